The predicted molar refractivity (Wildman–Crippen MR) is 69.6 cm³/mol. The Kier molecular flexibility index (Phi) is 4.36. The second-order valence-corrected chi connectivity index (χ2v) is 5.63. The zero-order chi connectivity index (χ0) is 11.4. The van der Waals surface area contributed by atoms with Crippen molar-refractivity contribution in [3.05, 3.63) is 23.7 Å². The number of hydrogen-bond donors (Lipinski definition) is 1. The standard InChI is InChI=1S/C13H21NOS/c1-10(7-11-3-4-11)14-8-12-5-6-13(15-12)9-16-2/h5-6,10-11,14H,3-4,7-9H2,1-2H3. The van der Waals surface area contributed by atoms with Crippen LogP contribution in [0.1, 0.15) is 37.7 Å². The molecule has 1 unspecified atom stereocenters. The van der Waals surface area contributed by atoms with Crippen LogP contribution >= 0.6 is 11.8 Å². The highest BCUT2D eigenvalue weighted by molar-refractivity contribution is 7.97. The van der Waals surface area contributed by atoms with Gasteiger partial charge in [0.1, 0.15) is 11.5 Å². The van der Waals surface area contributed by atoms with Gasteiger partial charge in [-0.05, 0) is 37.7 Å². The van der Waals surface area contributed by atoms with E-state index in [1.807, 2.05) is 0 Å². The topological polar surface area (TPSA) is 25.2 Å². The second-order valence-electron chi connectivity index (χ2n) is 4.76. The molecule has 90 valence electrons. The van der Waals surface area contributed by atoms with Crippen molar-refractivity contribution in [1.82, 2.24) is 5.32 Å². The predicted octanol–water partition coefficient (Wildman–Crippen LogP) is 3.42. The minimum absolute atomic E-state index is 0.613. The molecule has 1 heterocycles. The summed E-state index contributed by atoms with van der Waals surface area (Å²) in [6.07, 6.45) is 6.28. The van der Waals surface area contributed by atoms with Crippen molar-refractivity contribution >= 4 is 11.8 Å². The summed E-state index contributed by atoms with van der Waals surface area (Å²) in [5.74, 6) is 4.11. The Hall–Kier alpha value is -0.410. The van der Waals surface area contributed by atoms with Crippen LogP contribution in [0.5, 0.6) is 0 Å². The normalized spacial score (nSPS) is 17.6. The third-order valence-electron chi connectivity index (χ3n) is 3.01. The van der Waals surface area contributed by atoms with Gasteiger partial charge in [0.15, 0.2) is 0 Å². The minimum atomic E-state index is 0.613. The number of hydrogen-bond acceptors (Lipinski definition) is 3. The molecule has 1 fully saturated rings. The summed E-state index contributed by atoms with van der Waals surface area (Å²) in [7, 11) is 0. The molecule has 16 heavy (non-hydrogen) atoms. The maximum atomic E-state index is 5.71. The molecule has 1 N–H and O–H groups in total. The summed E-state index contributed by atoms with van der Waals surface area (Å²) in [6.45, 7) is 3.13. The van der Waals surface area contributed by atoms with Crippen LogP contribution in [0.4, 0.5) is 0 Å². The van der Waals surface area contributed by atoms with E-state index >= 15 is 0 Å². The van der Waals surface area contributed by atoms with E-state index in [2.05, 4.69) is 30.6 Å². The molecule has 0 saturated heterocycles. The van der Waals surface area contributed by atoms with E-state index in [-0.39, 0.29) is 0 Å². The third kappa shape index (κ3) is 3.87. The Morgan fingerprint density at radius 2 is 2.19 bits per heavy atom. The molecule has 2 rings (SSSR count). The maximum Gasteiger partial charge on any atom is 0.118 e. The van der Waals surface area contributed by atoms with Crippen LogP contribution in [0, 0.1) is 5.92 Å². The van der Waals surface area contributed by atoms with Crippen molar-refractivity contribution in [2.75, 3.05) is 6.26 Å². The summed E-state index contributed by atoms with van der Waals surface area (Å²) >= 11 is 1.79. The molecule has 0 radical (unpaired) electrons. The number of thioether (sulfide) groups is 1. The zero-order valence-electron chi connectivity index (χ0n) is 10.2. The maximum absolute atomic E-state index is 5.71. The molecule has 2 nitrogen and oxygen atoms in total. The van der Waals surface area contributed by atoms with Crippen LogP contribution < -0.4 is 5.32 Å². The van der Waals surface area contributed by atoms with Crippen LogP contribution in [0.15, 0.2) is 16.5 Å². The van der Waals surface area contributed by atoms with Gasteiger partial charge >= 0.3 is 0 Å². The lowest BCUT2D eigenvalue weighted by molar-refractivity contribution is 0.422. The molecule has 3 heteroatoms. The summed E-state index contributed by atoms with van der Waals surface area (Å²) in [6, 6.07) is 4.78. The average Bonchev–Trinajstić information content (AvgIpc) is 2.95. The fraction of sp³-hybridized carbons (Fsp3) is 0.692. The summed E-state index contributed by atoms with van der Waals surface area (Å²) < 4.78 is 5.71. The van der Waals surface area contributed by atoms with E-state index in [4.69, 9.17) is 4.42 Å². The van der Waals surface area contributed by atoms with Crippen molar-refractivity contribution in [2.24, 2.45) is 5.92 Å². The summed E-state index contributed by atoms with van der Waals surface area (Å²) in [4.78, 5) is 0. The van der Waals surface area contributed by atoms with Crippen molar-refractivity contribution in [2.45, 2.75) is 44.5 Å². The fourth-order valence-corrected chi connectivity index (χ4v) is 2.39. The van der Waals surface area contributed by atoms with Gasteiger partial charge in [-0.1, -0.05) is 12.8 Å². The van der Waals surface area contributed by atoms with E-state index in [0.29, 0.717) is 6.04 Å². The average molecular weight is 239 g/mol. The molecule has 1 aromatic rings. The lowest BCUT2D eigenvalue weighted by Crippen LogP contribution is -2.25. The lowest BCUT2D eigenvalue weighted by Gasteiger charge is -2.11. The molecule has 0 amide bonds. The molecule has 1 saturated carbocycles. The Labute approximate surface area is 102 Å². The second kappa shape index (κ2) is 5.78. The van der Waals surface area contributed by atoms with Gasteiger partial charge in [0.25, 0.3) is 0 Å². The quantitative estimate of drug-likeness (QED) is 0.789. The van der Waals surface area contributed by atoms with Crippen LogP contribution in [0.2, 0.25) is 0 Å². The Morgan fingerprint density at radius 3 is 2.88 bits per heavy atom. The molecule has 1 aliphatic carbocycles. The Balaban J connectivity index is 1.70. The molecular formula is C13H21NOS. The first-order valence-electron chi connectivity index (χ1n) is 6.08. The summed E-state index contributed by atoms with van der Waals surface area (Å²) in [5, 5.41) is 3.53. The zero-order valence-corrected chi connectivity index (χ0v) is 11.0. The molecule has 0 aliphatic heterocycles. The smallest absolute Gasteiger partial charge is 0.118 e. The van der Waals surface area contributed by atoms with Gasteiger partial charge in [-0.15, -0.1) is 0 Å². The highest BCUT2D eigenvalue weighted by Crippen LogP contribution is 2.33. The first-order chi connectivity index (χ1) is 7.78. The van der Waals surface area contributed by atoms with Crippen molar-refractivity contribution in [1.29, 1.82) is 0 Å². The first-order valence-corrected chi connectivity index (χ1v) is 7.47. The van der Waals surface area contributed by atoms with Gasteiger partial charge < -0.3 is 9.73 Å². The summed E-state index contributed by atoms with van der Waals surface area (Å²) in [5.41, 5.74) is 0. The molecule has 0 bridgehead atoms. The van der Waals surface area contributed by atoms with Gasteiger partial charge in [-0.2, -0.15) is 11.8 Å². The highest BCUT2D eigenvalue weighted by Gasteiger charge is 2.23. The van der Waals surface area contributed by atoms with E-state index in [0.717, 1.165) is 29.7 Å². The molecule has 1 aliphatic rings. The SMILES string of the molecule is CSCc1ccc(CNC(C)CC2CC2)o1. The van der Waals surface area contributed by atoms with E-state index in [9.17, 15) is 0 Å². The van der Waals surface area contributed by atoms with Gasteiger partial charge in [0.2, 0.25) is 0 Å². The van der Waals surface area contributed by atoms with E-state index in [1.54, 1.807) is 11.8 Å². The van der Waals surface area contributed by atoms with Crippen LogP contribution in [0.3, 0.4) is 0 Å². The molecule has 0 aromatic carbocycles. The number of rotatable bonds is 7. The molecular weight excluding hydrogens is 218 g/mol. The highest BCUT2D eigenvalue weighted by atomic mass is 32.2. The minimum Gasteiger partial charge on any atom is -0.464 e. The van der Waals surface area contributed by atoms with Gasteiger partial charge in [0, 0.05) is 6.04 Å². The number of furan rings is 1. The van der Waals surface area contributed by atoms with Crippen molar-refractivity contribution in [3.63, 3.8) is 0 Å². The van der Waals surface area contributed by atoms with Gasteiger partial charge in [0.05, 0.1) is 12.3 Å². The van der Waals surface area contributed by atoms with Crippen LogP contribution in [0.25, 0.3) is 0 Å². The van der Waals surface area contributed by atoms with E-state index in [1.165, 1.54) is 19.3 Å². The van der Waals surface area contributed by atoms with Crippen molar-refractivity contribution in [3.8, 4) is 0 Å². The Morgan fingerprint density at radius 1 is 1.44 bits per heavy atom. The Bertz CT molecular complexity index is 319. The van der Waals surface area contributed by atoms with E-state index < -0.39 is 0 Å². The number of nitrogens with one attached hydrogen (secondary N) is 1. The van der Waals surface area contributed by atoms with Gasteiger partial charge in [-0.3, -0.25) is 0 Å². The first kappa shape index (κ1) is 12.1. The largest absolute Gasteiger partial charge is 0.464 e. The van der Waals surface area contributed by atoms with Crippen LogP contribution in [-0.4, -0.2) is 12.3 Å². The van der Waals surface area contributed by atoms with Crippen LogP contribution in [-0.2, 0) is 12.3 Å². The van der Waals surface area contributed by atoms with Gasteiger partial charge in [-0.25, -0.2) is 0 Å². The molecule has 1 aromatic heterocycles. The molecule has 1 atom stereocenters. The monoisotopic (exact) mass is 239 g/mol. The lowest BCUT2D eigenvalue weighted by atomic mass is 10.1. The molecule has 0 spiro atoms. The van der Waals surface area contributed by atoms with Crippen molar-refractivity contribution < 1.29 is 4.42 Å². The fourth-order valence-electron chi connectivity index (χ4n) is 1.95. The third-order valence-corrected chi connectivity index (χ3v) is 3.59.